The van der Waals surface area contributed by atoms with E-state index in [1.165, 1.54) is 12.3 Å². The smallest absolute Gasteiger partial charge is 0.189 e. The first-order valence-corrected chi connectivity index (χ1v) is 5.44. The zero-order chi connectivity index (χ0) is 13.0. The van der Waals surface area contributed by atoms with Gasteiger partial charge in [0.2, 0.25) is 0 Å². The molecule has 4 N–H and O–H groups in total. The Morgan fingerprint density at radius 1 is 1.11 bits per heavy atom. The molecule has 0 bridgehead atoms. The first kappa shape index (κ1) is 11.9. The monoisotopic (exact) mass is 239 g/mol. The molecule has 4 heteroatoms. The summed E-state index contributed by atoms with van der Waals surface area (Å²) in [6.07, 6.45) is 6.20. The average Bonchev–Trinajstić information content (AvgIpc) is 2.38. The van der Waals surface area contributed by atoms with Crippen LogP contribution in [0.2, 0.25) is 0 Å². The number of anilines is 2. The highest BCUT2D eigenvalue weighted by Gasteiger charge is 2.05. The Kier molecular flexibility index (Phi) is 3.38. The van der Waals surface area contributed by atoms with E-state index in [1.807, 2.05) is 12.1 Å². The van der Waals surface area contributed by atoms with Crippen LogP contribution in [0.25, 0.3) is 6.08 Å². The molecule has 0 radical (unpaired) electrons. The van der Waals surface area contributed by atoms with Crippen molar-refractivity contribution in [3.63, 3.8) is 0 Å². The fourth-order valence-corrected chi connectivity index (χ4v) is 1.48. The fourth-order valence-electron chi connectivity index (χ4n) is 1.48. The van der Waals surface area contributed by atoms with E-state index in [9.17, 15) is 4.79 Å². The maximum atomic E-state index is 11.9. The Bertz CT molecular complexity index is 588. The third-order valence-electron chi connectivity index (χ3n) is 2.48. The summed E-state index contributed by atoms with van der Waals surface area (Å²) in [5.74, 6) is -0.169. The van der Waals surface area contributed by atoms with Crippen LogP contribution in [0.15, 0.2) is 48.8 Å². The zero-order valence-corrected chi connectivity index (χ0v) is 9.71. The topological polar surface area (TPSA) is 82.0 Å². The highest BCUT2D eigenvalue weighted by atomic mass is 16.1. The van der Waals surface area contributed by atoms with Gasteiger partial charge in [-0.2, -0.15) is 0 Å². The number of carbonyl (C=O) groups excluding carboxylic acids is 1. The summed E-state index contributed by atoms with van der Waals surface area (Å²) >= 11 is 0. The molecule has 2 rings (SSSR count). The van der Waals surface area contributed by atoms with Crippen LogP contribution in [0, 0.1) is 0 Å². The molecule has 0 atom stereocenters. The van der Waals surface area contributed by atoms with E-state index in [4.69, 9.17) is 11.5 Å². The SMILES string of the molecule is Nc1ccc(/C=C/C(=O)c2cnccc2N)cc1. The van der Waals surface area contributed by atoms with Gasteiger partial charge in [0.1, 0.15) is 0 Å². The molecular weight excluding hydrogens is 226 g/mol. The third kappa shape index (κ3) is 2.74. The standard InChI is InChI=1S/C14H13N3O/c15-11-4-1-10(2-5-11)3-6-14(18)12-9-17-8-7-13(12)16/h1-9H,15H2,(H2,16,17)/b6-3+. The summed E-state index contributed by atoms with van der Waals surface area (Å²) in [6, 6.07) is 8.84. The van der Waals surface area contributed by atoms with Crippen molar-refractivity contribution in [3.8, 4) is 0 Å². The van der Waals surface area contributed by atoms with Gasteiger partial charge < -0.3 is 11.5 Å². The van der Waals surface area contributed by atoms with E-state index in [1.54, 1.807) is 30.5 Å². The lowest BCUT2D eigenvalue weighted by atomic mass is 10.1. The second-order valence-corrected chi connectivity index (χ2v) is 3.83. The van der Waals surface area contributed by atoms with Crippen molar-refractivity contribution in [2.45, 2.75) is 0 Å². The third-order valence-corrected chi connectivity index (χ3v) is 2.48. The maximum absolute atomic E-state index is 11.9. The Balaban J connectivity index is 2.17. The van der Waals surface area contributed by atoms with Gasteiger partial charge in [0, 0.05) is 23.8 Å². The Morgan fingerprint density at radius 3 is 2.50 bits per heavy atom. The largest absolute Gasteiger partial charge is 0.399 e. The minimum absolute atomic E-state index is 0.169. The van der Waals surface area contributed by atoms with Crippen molar-refractivity contribution >= 4 is 23.2 Å². The van der Waals surface area contributed by atoms with E-state index in [-0.39, 0.29) is 5.78 Å². The summed E-state index contributed by atoms with van der Waals surface area (Å²) < 4.78 is 0. The molecule has 0 aliphatic carbocycles. The van der Waals surface area contributed by atoms with Gasteiger partial charge >= 0.3 is 0 Å². The van der Waals surface area contributed by atoms with Gasteiger partial charge in [-0.15, -0.1) is 0 Å². The van der Waals surface area contributed by atoms with E-state index < -0.39 is 0 Å². The molecule has 18 heavy (non-hydrogen) atoms. The Morgan fingerprint density at radius 2 is 1.83 bits per heavy atom. The number of carbonyl (C=O) groups is 1. The van der Waals surface area contributed by atoms with Crippen molar-refractivity contribution in [1.82, 2.24) is 4.98 Å². The summed E-state index contributed by atoms with van der Waals surface area (Å²) in [5, 5.41) is 0. The van der Waals surface area contributed by atoms with Gasteiger partial charge in [-0.05, 0) is 29.8 Å². The Hall–Kier alpha value is -2.62. The number of nitrogen functional groups attached to an aromatic ring is 2. The number of aromatic nitrogens is 1. The van der Waals surface area contributed by atoms with Crippen LogP contribution in [-0.2, 0) is 0 Å². The average molecular weight is 239 g/mol. The van der Waals surface area contributed by atoms with Crippen molar-refractivity contribution in [1.29, 1.82) is 0 Å². The molecule has 0 unspecified atom stereocenters. The van der Waals surface area contributed by atoms with E-state index >= 15 is 0 Å². The van der Waals surface area contributed by atoms with Crippen LogP contribution in [-0.4, -0.2) is 10.8 Å². The molecule has 1 aromatic carbocycles. The van der Waals surface area contributed by atoms with Crippen molar-refractivity contribution < 1.29 is 4.79 Å². The molecule has 2 aromatic rings. The number of nitrogens with zero attached hydrogens (tertiary/aromatic N) is 1. The molecule has 0 saturated heterocycles. The van der Waals surface area contributed by atoms with Gasteiger partial charge in [0.15, 0.2) is 5.78 Å². The lowest BCUT2D eigenvalue weighted by Crippen LogP contribution is -2.01. The first-order chi connectivity index (χ1) is 8.66. The predicted octanol–water partition coefficient (Wildman–Crippen LogP) is 2.14. The number of hydrogen-bond donors (Lipinski definition) is 2. The Labute approximate surface area is 105 Å². The number of ketones is 1. The second-order valence-electron chi connectivity index (χ2n) is 3.83. The number of nitrogens with two attached hydrogens (primary N) is 2. The predicted molar refractivity (Wildman–Crippen MR) is 72.9 cm³/mol. The van der Waals surface area contributed by atoms with E-state index in [0.29, 0.717) is 16.9 Å². The second kappa shape index (κ2) is 5.14. The first-order valence-electron chi connectivity index (χ1n) is 5.44. The molecule has 0 amide bonds. The van der Waals surface area contributed by atoms with Crippen LogP contribution in [0.5, 0.6) is 0 Å². The van der Waals surface area contributed by atoms with Crippen LogP contribution in [0.1, 0.15) is 15.9 Å². The van der Waals surface area contributed by atoms with Crippen LogP contribution >= 0.6 is 0 Å². The number of pyridine rings is 1. The van der Waals surface area contributed by atoms with Crippen LogP contribution < -0.4 is 11.5 Å². The summed E-state index contributed by atoms with van der Waals surface area (Å²) in [4.78, 5) is 15.8. The number of allylic oxidation sites excluding steroid dienone is 1. The molecule has 0 aliphatic rings. The lowest BCUT2D eigenvalue weighted by molar-refractivity contribution is 0.104. The summed E-state index contributed by atoms with van der Waals surface area (Å²) in [6.45, 7) is 0. The number of rotatable bonds is 3. The highest BCUT2D eigenvalue weighted by Crippen LogP contribution is 2.12. The van der Waals surface area contributed by atoms with Gasteiger partial charge in [-0.3, -0.25) is 9.78 Å². The molecule has 0 fully saturated rings. The molecule has 0 aliphatic heterocycles. The van der Waals surface area contributed by atoms with Crippen molar-refractivity contribution in [2.24, 2.45) is 0 Å². The minimum Gasteiger partial charge on any atom is -0.399 e. The molecule has 1 heterocycles. The molecular formula is C14H13N3O. The number of benzene rings is 1. The quantitative estimate of drug-likeness (QED) is 0.488. The van der Waals surface area contributed by atoms with Gasteiger partial charge in [0.25, 0.3) is 0 Å². The normalized spacial score (nSPS) is 10.7. The van der Waals surface area contributed by atoms with Crippen molar-refractivity contribution in [2.75, 3.05) is 11.5 Å². The highest BCUT2D eigenvalue weighted by molar-refractivity contribution is 6.09. The van der Waals surface area contributed by atoms with Gasteiger partial charge in [-0.1, -0.05) is 18.2 Å². The molecule has 90 valence electrons. The maximum Gasteiger partial charge on any atom is 0.189 e. The molecule has 1 aromatic heterocycles. The number of hydrogen-bond acceptors (Lipinski definition) is 4. The molecule has 0 spiro atoms. The molecule has 4 nitrogen and oxygen atoms in total. The van der Waals surface area contributed by atoms with E-state index in [2.05, 4.69) is 4.98 Å². The van der Waals surface area contributed by atoms with Gasteiger partial charge in [0.05, 0.1) is 5.56 Å². The van der Waals surface area contributed by atoms with Gasteiger partial charge in [-0.25, -0.2) is 0 Å². The van der Waals surface area contributed by atoms with Crippen molar-refractivity contribution in [3.05, 3.63) is 59.9 Å². The van der Waals surface area contributed by atoms with Crippen LogP contribution in [0.4, 0.5) is 11.4 Å². The lowest BCUT2D eigenvalue weighted by Gasteiger charge is -1.99. The van der Waals surface area contributed by atoms with E-state index in [0.717, 1.165) is 5.56 Å². The minimum atomic E-state index is -0.169. The summed E-state index contributed by atoms with van der Waals surface area (Å²) in [7, 11) is 0. The zero-order valence-electron chi connectivity index (χ0n) is 9.71. The van der Waals surface area contributed by atoms with Crippen LogP contribution in [0.3, 0.4) is 0 Å². The fraction of sp³-hybridized carbons (Fsp3) is 0. The molecule has 0 saturated carbocycles. The summed E-state index contributed by atoms with van der Waals surface area (Å²) in [5.41, 5.74) is 13.7.